The Morgan fingerprint density at radius 1 is 1.03 bits per heavy atom. The van der Waals surface area contributed by atoms with Crippen molar-refractivity contribution in [2.45, 2.75) is 27.0 Å². The van der Waals surface area contributed by atoms with E-state index in [0.717, 1.165) is 34.0 Å². The quantitative estimate of drug-likeness (QED) is 0.220. The highest BCUT2D eigenvalue weighted by molar-refractivity contribution is 6.01. The standard InChI is InChI=1S/C31H28FN3O3/c1-21-16-25(17-26(18-33)31(36)34-19-23-8-12-28(37-3)13-9-23)22(2)35(21)27-10-14-29(15-11-27)38-20-24-6-4-5-7-30(24)32/h4-17H,19-20H2,1-3H3,(H,34,36)/b26-17-. The number of carbonyl (C=O) groups is 1. The molecule has 4 rings (SSSR count). The maximum atomic E-state index is 13.8. The Kier molecular flexibility index (Phi) is 8.24. The molecule has 0 fully saturated rings. The molecule has 0 radical (unpaired) electrons. The molecular weight excluding hydrogens is 481 g/mol. The molecule has 0 unspecified atom stereocenters. The van der Waals surface area contributed by atoms with Crippen molar-refractivity contribution in [3.05, 3.63) is 118 Å². The van der Waals surface area contributed by atoms with Gasteiger partial charge in [0.1, 0.15) is 35.6 Å². The molecule has 1 aromatic heterocycles. The minimum atomic E-state index is -0.440. The predicted molar refractivity (Wildman–Crippen MR) is 144 cm³/mol. The lowest BCUT2D eigenvalue weighted by Crippen LogP contribution is -2.23. The molecule has 0 spiro atoms. The summed E-state index contributed by atoms with van der Waals surface area (Å²) in [5.74, 6) is 0.622. The van der Waals surface area contributed by atoms with E-state index in [-0.39, 0.29) is 18.0 Å². The molecular formula is C31H28FN3O3. The fraction of sp³-hybridized carbons (Fsp3) is 0.161. The number of benzene rings is 3. The smallest absolute Gasteiger partial charge is 0.262 e. The molecule has 0 saturated carbocycles. The Balaban J connectivity index is 1.46. The van der Waals surface area contributed by atoms with Gasteiger partial charge in [0.05, 0.1) is 7.11 Å². The van der Waals surface area contributed by atoms with Crippen molar-refractivity contribution in [2.24, 2.45) is 0 Å². The van der Waals surface area contributed by atoms with Gasteiger partial charge in [0.25, 0.3) is 5.91 Å². The molecule has 0 aliphatic heterocycles. The third-order valence-electron chi connectivity index (χ3n) is 6.19. The summed E-state index contributed by atoms with van der Waals surface area (Å²) in [6.07, 6.45) is 1.61. The van der Waals surface area contributed by atoms with E-state index in [1.165, 1.54) is 6.07 Å². The Morgan fingerprint density at radius 2 is 1.71 bits per heavy atom. The third-order valence-corrected chi connectivity index (χ3v) is 6.19. The van der Waals surface area contributed by atoms with Crippen LogP contribution in [0.2, 0.25) is 0 Å². The van der Waals surface area contributed by atoms with Crippen molar-refractivity contribution < 1.29 is 18.7 Å². The molecule has 0 atom stereocenters. The molecule has 4 aromatic rings. The van der Waals surface area contributed by atoms with Gasteiger partial charge in [-0.05, 0) is 79.6 Å². The molecule has 1 heterocycles. The van der Waals surface area contributed by atoms with Gasteiger partial charge in [-0.3, -0.25) is 4.79 Å². The van der Waals surface area contributed by atoms with Crippen molar-refractivity contribution in [3.8, 4) is 23.3 Å². The number of amides is 1. The van der Waals surface area contributed by atoms with Crippen molar-refractivity contribution in [1.29, 1.82) is 5.26 Å². The molecule has 0 bridgehead atoms. The maximum Gasteiger partial charge on any atom is 0.262 e. The van der Waals surface area contributed by atoms with E-state index in [2.05, 4.69) is 5.32 Å². The van der Waals surface area contributed by atoms with Crippen LogP contribution < -0.4 is 14.8 Å². The van der Waals surface area contributed by atoms with Crippen LogP contribution in [0, 0.1) is 31.0 Å². The fourth-order valence-corrected chi connectivity index (χ4v) is 4.12. The summed E-state index contributed by atoms with van der Waals surface area (Å²) in [6, 6.07) is 25.3. The van der Waals surface area contributed by atoms with E-state index >= 15 is 0 Å². The van der Waals surface area contributed by atoms with E-state index in [1.54, 1.807) is 31.4 Å². The first-order chi connectivity index (χ1) is 18.4. The zero-order valence-corrected chi connectivity index (χ0v) is 21.5. The van der Waals surface area contributed by atoms with Crippen LogP contribution in [0.15, 0.2) is 84.4 Å². The molecule has 192 valence electrons. The number of carbonyl (C=O) groups excluding carboxylic acids is 1. The summed E-state index contributed by atoms with van der Waals surface area (Å²) >= 11 is 0. The lowest BCUT2D eigenvalue weighted by Gasteiger charge is -2.12. The average molecular weight is 510 g/mol. The van der Waals surface area contributed by atoms with Crippen molar-refractivity contribution in [3.63, 3.8) is 0 Å². The molecule has 6 nitrogen and oxygen atoms in total. The summed E-state index contributed by atoms with van der Waals surface area (Å²) in [6.45, 7) is 4.33. The summed E-state index contributed by atoms with van der Waals surface area (Å²) in [4.78, 5) is 12.7. The van der Waals surface area contributed by atoms with Crippen LogP contribution in [0.25, 0.3) is 11.8 Å². The Hall–Kier alpha value is -4.83. The molecule has 0 aliphatic rings. The normalized spacial score (nSPS) is 11.1. The number of methoxy groups -OCH3 is 1. The number of nitrogens with one attached hydrogen (secondary N) is 1. The maximum absolute atomic E-state index is 13.8. The molecule has 1 amide bonds. The Bertz CT molecular complexity index is 1500. The van der Waals surface area contributed by atoms with Gasteiger partial charge in [-0.1, -0.05) is 30.3 Å². The molecule has 7 heteroatoms. The number of ether oxygens (including phenoxy) is 2. The second-order valence-electron chi connectivity index (χ2n) is 8.74. The first-order valence-electron chi connectivity index (χ1n) is 12.1. The highest BCUT2D eigenvalue weighted by Gasteiger charge is 2.14. The van der Waals surface area contributed by atoms with Crippen LogP contribution in [0.3, 0.4) is 0 Å². The number of nitriles is 1. The predicted octanol–water partition coefficient (Wildman–Crippen LogP) is 6.04. The summed E-state index contributed by atoms with van der Waals surface area (Å²) in [7, 11) is 1.59. The van der Waals surface area contributed by atoms with Gasteiger partial charge < -0.3 is 19.4 Å². The molecule has 1 N–H and O–H groups in total. The van der Waals surface area contributed by atoms with Gasteiger partial charge >= 0.3 is 0 Å². The van der Waals surface area contributed by atoms with Gasteiger partial charge in [-0.15, -0.1) is 0 Å². The number of aryl methyl sites for hydroxylation is 1. The van der Waals surface area contributed by atoms with Gasteiger partial charge in [-0.2, -0.15) is 5.26 Å². The number of aromatic nitrogens is 1. The monoisotopic (exact) mass is 509 g/mol. The highest BCUT2D eigenvalue weighted by atomic mass is 19.1. The first kappa shape index (κ1) is 26.2. The average Bonchev–Trinajstić information content (AvgIpc) is 3.22. The van der Waals surface area contributed by atoms with Gasteiger partial charge in [0.2, 0.25) is 0 Å². The zero-order chi connectivity index (χ0) is 27.1. The molecule has 38 heavy (non-hydrogen) atoms. The Morgan fingerprint density at radius 3 is 2.37 bits per heavy atom. The van der Waals surface area contributed by atoms with Gasteiger partial charge in [0, 0.05) is 29.2 Å². The largest absolute Gasteiger partial charge is 0.497 e. The molecule has 3 aromatic carbocycles. The number of rotatable bonds is 9. The second-order valence-corrected chi connectivity index (χ2v) is 8.74. The first-order valence-corrected chi connectivity index (χ1v) is 12.1. The number of nitrogens with zero attached hydrogens (tertiary/aromatic N) is 2. The lowest BCUT2D eigenvalue weighted by atomic mass is 10.1. The van der Waals surface area contributed by atoms with Crippen molar-refractivity contribution >= 4 is 12.0 Å². The molecule has 0 saturated heterocycles. The van der Waals surface area contributed by atoms with Crippen molar-refractivity contribution in [1.82, 2.24) is 9.88 Å². The topological polar surface area (TPSA) is 76.3 Å². The Labute approximate surface area is 221 Å². The lowest BCUT2D eigenvalue weighted by molar-refractivity contribution is -0.117. The SMILES string of the molecule is COc1ccc(CNC(=O)/C(C#N)=C\c2cc(C)n(-c3ccc(OCc4ccccc4F)cc3)c2C)cc1. The fourth-order valence-electron chi connectivity index (χ4n) is 4.12. The highest BCUT2D eigenvalue weighted by Crippen LogP contribution is 2.25. The molecule has 0 aliphatic carbocycles. The number of hydrogen-bond acceptors (Lipinski definition) is 4. The third kappa shape index (κ3) is 6.11. The number of halogens is 1. The minimum absolute atomic E-state index is 0.0238. The van der Waals surface area contributed by atoms with E-state index in [9.17, 15) is 14.4 Å². The van der Waals surface area contributed by atoms with E-state index in [4.69, 9.17) is 9.47 Å². The zero-order valence-electron chi connectivity index (χ0n) is 21.5. The van der Waals surface area contributed by atoms with Crippen LogP contribution in [-0.2, 0) is 17.9 Å². The number of hydrogen-bond donors (Lipinski definition) is 1. The van der Waals surface area contributed by atoms with Gasteiger partial charge in [-0.25, -0.2) is 4.39 Å². The van der Waals surface area contributed by atoms with E-state index in [0.29, 0.717) is 17.9 Å². The summed E-state index contributed by atoms with van der Waals surface area (Å²) < 4.78 is 26.8. The van der Waals surface area contributed by atoms with Crippen LogP contribution in [0.4, 0.5) is 4.39 Å². The van der Waals surface area contributed by atoms with E-state index in [1.807, 2.05) is 79.1 Å². The minimum Gasteiger partial charge on any atom is -0.497 e. The van der Waals surface area contributed by atoms with Crippen LogP contribution >= 0.6 is 0 Å². The van der Waals surface area contributed by atoms with E-state index < -0.39 is 5.91 Å². The van der Waals surface area contributed by atoms with Crippen LogP contribution in [-0.4, -0.2) is 17.6 Å². The summed E-state index contributed by atoms with van der Waals surface area (Å²) in [5.41, 5.74) is 4.93. The van der Waals surface area contributed by atoms with Crippen LogP contribution in [0.5, 0.6) is 11.5 Å². The summed E-state index contributed by atoms with van der Waals surface area (Å²) in [5, 5.41) is 12.4. The van der Waals surface area contributed by atoms with Gasteiger partial charge in [0.15, 0.2) is 0 Å². The van der Waals surface area contributed by atoms with Crippen LogP contribution in [0.1, 0.15) is 28.1 Å². The van der Waals surface area contributed by atoms with Crippen molar-refractivity contribution in [2.75, 3.05) is 7.11 Å². The second kappa shape index (κ2) is 11.9.